The number of halogens is 1. The SMILES string of the molecule is COC(=O)c1ccc(/C(Cl)=N\O)cc1[N+](=O)[O-]. The van der Waals surface area contributed by atoms with Crippen molar-refractivity contribution in [2.24, 2.45) is 5.16 Å². The molecule has 0 fully saturated rings. The molecule has 0 aliphatic carbocycles. The predicted octanol–water partition coefficient (Wildman–Crippen LogP) is 1.76. The van der Waals surface area contributed by atoms with Crippen molar-refractivity contribution in [3.05, 3.63) is 39.4 Å². The number of nitro benzene ring substituents is 1. The number of oxime groups is 1. The Morgan fingerprint density at radius 2 is 2.24 bits per heavy atom. The number of esters is 1. The first kappa shape index (κ1) is 12.9. The van der Waals surface area contributed by atoms with Gasteiger partial charge >= 0.3 is 5.97 Å². The zero-order valence-corrected chi connectivity index (χ0v) is 9.34. The minimum Gasteiger partial charge on any atom is -0.465 e. The van der Waals surface area contributed by atoms with Crippen molar-refractivity contribution in [2.75, 3.05) is 7.11 Å². The van der Waals surface area contributed by atoms with Gasteiger partial charge in [-0.05, 0) is 6.07 Å². The van der Waals surface area contributed by atoms with Crippen molar-refractivity contribution in [2.45, 2.75) is 0 Å². The molecule has 1 aromatic rings. The van der Waals surface area contributed by atoms with E-state index in [-0.39, 0.29) is 16.3 Å². The highest BCUT2D eigenvalue weighted by molar-refractivity contribution is 6.69. The van der Waals surface area contributed by atoms with E-state index in [1.165, 1.54) is 12.1 Å². The van der Waals surface area contributed by atoms with E-state index in [9.17, 15) is 14.9 Å². The molecule has 0 saturated heterocycles. The lowest BCUT2D eigenvalue weighted by molar-refractivity contribution is -0.385. The molecule has 0 bridgehead atoms. The second-order valence-electron chi connectivity index (χ2n) is 2.87. The number of nitro groups is 1. The molecule has 0 unspecified atom stereocenters. The van der Waals surface area contributed by atoms with Gasteiger partial charge in [0.25, 0.3) is 5.69 Å². The predicted molar refractivity (Wildman–Crippen MR) is 58.6 cm³/mol. The molecule has 7 nitrogen and oxygen atoms in total. The van der Waals surface area contributed by atoms with Crippen LogP contribution in [0.4, 0.5) is 5.69 Å². The van der Waals surface area contributed by atoms with Crippen molar-refractivity contribution in [3.8, 4) is 0 Å². The molecule has 1 aromatic carbocycles. The number of methoxy groups -OCH3 is 1. The Kier molecular flexibility index (Phi) is 4.00. The lowest BCUT2D eigenvalue weighted by Gasteiger charge is -2.02. The Labute approximate surface area is 100 Å². The Hall–Kier alpha value is -2.15. The summed E-state index contributed by atoms with van der Waals surface area (Å²) in [7, 11) is 1.11. The molecule has 0 aromatic heterocycles. The highest BCUT2D eigenvalue weighted by Crippen LogP contribution is 2.22. The molecule has 1 N–H and O–H groups in total. The summed E-state index contributed by atoms with van der Waals surface area (Å²) in [6, 6.07) is 3.50. The van der Waals surface area contributed by atoms with Crippen LogP contribution in [0.1, 0.15) is 15.9 Å². The molecular formula is C9H7ClN2O5. The maximum absolute atomic E-state index is 11.3. The zero-order chi connectivity index (χ0) is 13.0. The van der Waals surface area contributed by atoms with Crippen LogP contribution < -0.4 is 0 Å². The van der Waals surface area contributed by atoms with Gasteiger partial charge in [-0.2, -0.15) is 0 Å². The van der Waals surface area contributed by atoms with Crippen molar-refractivity contribution in [3.63, 3.8) is 0 Å². The summed E-state index contributed by atoms with van der Waals surface area (Å²) in [6.07, 6.45) is 0. The standard InChI is InChI=1S/C9H7ClN2O5/c1-17-9(13)6-3-2-5(8(10)11-14)4-7(6)12(15)16/h2-4,14H,1H3/b11-8+. The molecule has 0 radical (unpaired) electrons. The van der Waals surface area contributed by atoms with Gasteiger partial charge in [0.05, 0.1) is 12.0 Å². The summed E-state index contributed by atoms with van der Waals surface area (Å²) in [5.74, 6) is -0.833. The number of nitrogens with zero attached hydrogens (tertiary/aromatic N) is 2. The fourth-order valence-corrected chi connectivity index (χ4v) is 1.27. The lowest BCUT2D eigenvalue weighted by atomic mass is 10.1. The Morgan fingerprint density at radius 3 is 2.71 bits per heavy atom. The van der Waals surface area contributed by atoms with Gasteiger partial charge in [0.1, 0.15) is 5.56 Å². The van der Waals surface area contributed by atoms with E-state index in [0.29, 0.717) is 0 Å². The summed E-state index contributed by atoms with van der Waals surface area (Å²) in [5, 5.41) is 21.6. The molecule has 0 aliphatic heterocycles. The van der Waals surface area contributed by atoms with Gasteiger partial charge in [-0.3, -0.25) is 10.1 Å². The van der Waals surface area contributed by atoms with Crippen LogP contribution in [0, 0.1) is 10.1 Å². The highest BCUT2D eigenvalue weighted by Gasteiger charge is 2.22. The first-order valence-electron chi connectivity index (χ1n) is 4.26. The molecule has 17 heavy (non-hydrogen) atoms. The van der Waals surface area contributed by atoms with Gasteiger partial charge in [-0.25, -0.2) is 4.79 Å². The van der Waals surface area contributed by atoms with Crippen LogP contribution in [-0.2, 0) is 4.74 Å². The van der Waals surface area contributed by atoms with Crippen molar-refractivity contribution < 1.29 is 19.7 Å². The Morgan fingerprint density at radius 1 is 1.59 bits per heavy atom. The zero-order valence-electron chi connectivity index (χ0n) is 8.58. The van der Waals surface area contributed by atoms with Crippen LogP contribution in [0.25, 0.3) is 0 Å². The van der Waals surface area contributed by atoms with Gasteiger partial charge in [-0.15, -0.1) is 0 Å². The third-order valence-electron chi connectivity index (χ3n) is 1.93. The van der Waals surface area contributed by atoms with Crippen LogP contribution in [0.15, 0.2) is 23.4 Å². The minimum absolute atomic E-state index is 0.119. The molecule has 1 rings (SSSR count). The average molecular weight is 259 g/mol. The summed E-state index contributed by atoms with van der Waals surface area (Å²) >= 11 is 5.49. The number of hydrogen-bond donors (Lipinski definition) is 1. The smallest absolute Gasteiger partial charge is 0.344 e. The van der Waals surface area contributed by atoms with E-state index >= 15 is 0 Å². The van der Waals surface area contributed by atoms with Crippen molar-refractivity contribution >= 4 is 28.4 Å². The largest absolute Gasteiger partial charge is 0.465 e. The maximum Gasteiger partial charge on any atom is 0.344 e. The minimum atomic E-state index is -0.833. The summed E-state index contributed by atoms with van der Waals surface area (Å²) in [4.78, 5) is 21.3. The normalized spacial score (nSPS) is 11.1. The van der Waals surface area contributed by atoms with E-state index in [1.807, 2.05) is 0 Å². The highest BCUT2D eigenvalue weighted by atomic mass is 35.5. The quantitative estimate of drug-likeness (QED) is 0.293. The van der Waals surface area contributed by atoms with Crippen LogP contribution in [-0.4, -0.2) is 28.4 Å². The van der Waals surface area contributed by atoms with Crippen LogP contribution in [0.2, 0.25) is 0 Å². The third kappa shape index (κ3) is 2.70. The van der Waals surface area contributed by atoms with Crippen LogP contribution in [0.5, 0.6) is 0 Å². The van der Waals surface area contributed by atoms with Crippen molar-refractivity contribution in [1.82, 2.24) is 0 Å². The van der Waals surface area contributed by atoms with Crippen molar-refractivity contribution in [1.29, 1.82) is 0 Å². The number of hydrogen-bond acceptors (Lipinski definition) is 6. The topological polar surface area (TPSA) is 102 Å². The number of ether oxygens (including phenoxy) is 1. The second kappa shape index (κ2) is 5.26. The van der Waals surface area contributed by atoms with Crippen LogP contribution >= 0.6 is 11.6 Å². The van der Waals surface area contributed by atoms with E-state index in [0.717, 1.165) is 13.2 Å². The van der Waals surface area contributed by atoms with Gasteiger partial charge in [0.15, 0.2) is 5.17 Å². The number of carbonyl (C=O) groups is 1. The summed E-state index contributed by atoms with van der Waals surface area (Å²) in [6.45, 7) is 0. The fourth-order valence-electron chi connectivity index (χ4n) is 1.15. The monoisotopic (exact) mass is 258 g/mol. The molecule has 8 heteroatoms. The molecule has 0 saturated carbocycles. The molecule has 0 aliphatic rings. The van der Waals surface area contributed by atoms with Gasteiger partial charge in [-0.1, -0.05) is 22.8 Å². The molecule has 0 amide bonds. The first-order chi connectivity index (χ1) is 8.01. The van der Waals surface area contributed by atoms with Crippen LogP contribution in [0.3, 0.4) is 0 Å². The van der Waals surface area contributed by atoms with E-state index in [4.69, 9.17) is 16.8 Å². The van der Waals surface area contributed by atoms with E-state index < -0.39 is 16.6 Å². The first-order valence-corrected chi connectivity index (χ1v) is 4.63. The summed E-state index contributed by atoms with van der Waals surface area (Å²) in [5.41, 5.74) is -0.562. The number of benzene rings is 1. The molecular weight excluding hydrogens is 252 g/mol. The van der Waals surface area contributed by atoms with E-state index in [2.05, 4.69) is 9.89 Å². The molecule has 0 heterocycles. The fraction of sp³-hybridized carbons (Fsp3) is 0.111. The van der Waals surface area contributed by atoms with Gasteiger partial charge in [0, 0.05) is 11.6 Å². The Balaban J connectivity index is 3.37. The van der Waals surface area contributed by atoms with E-state index in [1.54, 1.807) is 0 Å². The molecule has 0 spiro atoms. The van der Waals surface area contributed by atoms with Gasteiger partial charge in [0.2, 0.25) is 0 Å². The molecule has 0 atom stereocenters. The average Bonchev–Trinajstić information content (AvgIpc) is 2.35. The summed E-state index contributed by atoms with van der Waals surface area (Å²) < 4.78 is 4.40. The lowest BCUT2D eigenvalue weighted by Crippen LogP contribution is -2.07. The number of rotatable bonds is 3. The maximum atomic E-state index is 11.3. The molecule has 90 valence electrons. The Bertz CT molecular complexity index is 500. The second-order valence-corrected chi connectivity index (χ2v) is 3.23. The number of carbonyl (C=O) groups excluding carboxylic acids is 1. The van der Waals surface area contributed by atoms with Gasteiger partial charge < -0.3 is 9.94 Å². The third-order valence-corrected chi connectivity index (χ3v) is 2.22.